The summed E-state index contributed by atoms with van der Waals surface area (Å²) in [6.07, 6.45) is 0.800. The van der Waals surface area contributed by atoms with Crippen LogP contribution < -0.4 is 10.8 Å². The highest BCUT2D eigenvalue weighted by Crippen LogP contribution is 2.25. The summed E-state index contributed by atoms with van der Waals surface area (Å²) in [5.41, 5.74) is 3.38. The van der Waals surface area contributed by atoms with E-state index in [0.29, 0.717) is 18.7 Å². The van der Waals surface area contributed by atoms with Crippen LogP contribution in [0, 0.1) is 19.8 Å². The first-order valence-electron chi connectivity index (χ1n) is 7.98. The molecule has 0 spiro atoms. The zero-order valence-electron chi connectivity index (χ0n) is 13.9. The lowest BCUT2D eigenvalue weighted by Gasteiger charge is -2.17. The van der Waals surface area contributed by atoms with Gasteiger partial charge in [-0.1, -0.05) is 0 Å². The number of nitrogens with two attached hydrogens (primary N) is 1. The zero-order valence-corrected chi connectivity index (χ0v) is 14.7. The van der Waals surface area contributed by atoms with Crippen molar-refractivity contribution in [3.63, 3.8) is 0 Å². The smallest absolute Gasteiger partial charge is 0.336 e. The Kier molecular flexibility index (Phi) is 4.50. The molecule has 1 aromatic carbocycles. The Balaban J connectivity index is 1.86. The van der Waals surface area contributed by atoms with Gasteiger partial charge in [0.25, 0.3) is 0 Å². The number of nitrogens with zero attached hydrogens (tertiary/aromatic N) is 1. The summed E-state index contributed by atoms with van der Waals surface area (Å²) in [5, 5.41) is 6.08. The summed E-state index contributed by atoms with van der Waals surface area (Å²) in [6.45, 7) is 6.09. The molecule has 2 heterocycles. The normalized spacial score (nSPS) is 19.2. The minimum Gasteiger partial charge on any atom is -0.423 e. The lowest BCUT2D eigenvalue weighted by molar-refractivity contribution is 0.321. The summed E-state index contributed by atoms with van der Waals surface area (Å²) < 4.78 is 27.8. The quantitative estimate of drug-likeness (QED) is 0.844. The molecule has 0 aliphatic carbocycles. The number of fused-ring (bicyclic) bond motifs is 1. The summed E-state index contributed by atoms with van der Waals surface area (Å²) in [6, 6.07) is 5.47. The maximum atomic E-state index is 11.8. The molecule has 24 heavy (non-hydrogen) atoms. The summed E-state index contributed by atoms with van der Waals surface area (Å²) in [5.74, 6) is 0.0646. The number of benzene rings is 1. The van der Waals surface area contributed by atoms with Gasteiger partial charge in [0.2, 0.25) is 10.0 Å². The molecule has 1 aliphatic heterocycles. The number of likely N-dealkylation sites (tertiary alicyclic amines) is 1. The number of sulfonamides is 1. The maximum Gasteiger partial charge on any atom is 0.336 e. The highest BCUT2D eigenvalue weighted by molar-refractivity contribution is 7.89. The average Bonchev–Trinajstić information content (AvgIpc) is 2.86. The van der Waals surface area contributed by atoms with Crippen LogP contribution in [0.3, 0.4) is 0 Å². The second-order valence-corrected chi connectivity index (χ2v) is 8.40. The van der Waals surface area contributed by atoms with E-state index in [1.165, 1.54) is 6.07 Å². The van der Waals surface area contributed by atoms with Crippen LogP contribution in [0.15, 0.2) is 27.4 Å². The van der Waals surface area contributed by atoms with Crippen molar-refractivity contribution in [1.29, 1.82) is 0 Å². The van der Waals surface area contributed by atoms with Crippen molar-refractivity contribution in [2.24, 2.45) is 11.1 Å². The Morgan fingerprint density at radius 1 is 1.25 bits per heavy atom. The molecule has 7 heteroatoms. The minimum atomic E-state index is -3.45. The van der Waals surface area contributed by atoms with Crippen LogP contribution in [0.1, 0.15) is 23.1 Å². The molecular formula is C17H22N2O4S. The second-order valence-electron chi connectivity index (χ2n) is 6.74. The lowest BCUT2D eigenvalue weighted by Crippen LogP contribution is -2.26. The molecule has 2 N–H and O–H groups in total. The van der Waals surface area contributed by atoms with Gasteiger partial charge in [-0.3, -0.25) is 4.90 Å². The van der Waals surface area contributed by atoms with Crippen LogP contribution in [0.2, 0.25) is 0 Å². The largest absolute Gasteiger partial charge is 0.423 e. The monoisotopic (exact) mass is 350 g/mol. The third-order valence-corrected chi connectivity index (χ3v) is 5.61. The molecule has 6 nitrogen and oxygen atoms in total. The van der Waals surface area contributed by atoms with E-state index in [1.807, 2.05) is 26.0 Å². The van der Waals surface area contributed by atoms with Gasteiger partial charge in [-0.2, -0.15) is 0 Å². The highest BCUT2D eigenvalue weighted by Gasteiger charge is 2.26. The first-order chi connectivity index (χ1) is 11.2. The first kappa shape index (κ1) is 17.1. The fourth-order valence-corrected chi connectivity index (χ4v) is 4.30. The van der Waals surface area contributed by atoms with Crippen molar-refractivity contribution in [3.05, 3.63) is 45.3 Å². The molecule has 0 saturated carbocycles. The highest BCUT2D eigenvalue weighted by atomic mass is 32.2. The van der Waals surface area contributed by atoms with E-state index in [1.54, 1.807) is 0 Å². The number of hydrogen-bond acceptors (Lipinski definition) is 5. The van der Waals surface area contributed by atoms with Crippen molar-refractivity contribution in [3.8, 4) is 0 Å². The van der Waals surface area contributed by atoms with E-state index in [-0.39, 0.29) is 17.3 Å². The first-order valence-corrected chi connectivity index (χ1v) is 9.69. The summed E-state index contributed by atoms with van der Waals surface area (Å²) >= 11 is 0. The number of rotatable bonds is 4. The number of hydrogen-bond donors (Lipinski definition) is 1. The summed E-state index contributed by atoms with van der Waals surface area (Å²) in [7, 11) is -3.45. The summed E-state index contributed by atoms with van der Waals surface area (Å²) in [4.78, 5) is 14.0. The predicted molar refractivity (Wildman–Crippen MR) is 93.3 cm³/mol. The molecule has 0 amide bonds. The van der Waals surface area contributed by atoms with Crippen LogP contribution in [0.25, 0.3) is 11.0 Å². The Morgan fingerprint density at radius 3 is 2.67 bits per heavy atom. The van der Waals surface area contributed by atoms with Crippen LogP contribution >= 0.6 is 0 Å². The molecule has 1 aliphatic rings. The van der Waals surface area contributed by atoms with Gasteiger partial charge in [0.1, 0.15) is 5.58 Å². The predicted octanol–water partition coefficient (Wildman–Crippen LogP) is 1.52. The van der Waals surface area contributed by atoms with Crippen LogP contribution in [-0.4, -0.2) is 32.2 Å². The third kappa shape index (κ3) is 3.85. The van der Waals surface area contributed by atoms with Crippen LogP contribution in [-0.2, 0) is 16.6 Å². The Bertz CT molecular complexity index is 933. The molecule has 0 bridgehead atoms. The van der Waals surface area contributed by atoms with Gasteiger partial charge < -0.3 is 4.42 Å². The van der Waals surface area contributed by atoms with Gasteiger partial charge in [-0.25, -0.2) is 18.4 Å². The van der Waals surface area contributed by atoms with Gasteiger partial charge in [0, 0.05) is 24.5 Å². The van der Waals surface area contributed by atoms with Gasteiger partial charge >= 0.3 is 5.63 Å². The van der Waals surface area contributed by atoms with Crippen molar-refractivity contribution < 1.29 is 12.8 Å². The molecule has 130 valence electrons. The van der Waals surface area contributed by atoms with Gasteiger partial charge in [-0.05, 0) is 61.6 Å². The van der Waals surface area contributed by atoms with Gasteiger partial charge in [0.15, 0.2) is 0 Å². The molecule has 3 rings (SSSR count). The SMILES string of the molecule is Cc1cc2oc(=O)cc(CN3CCC(CS(N)(=O)=O)C3)c2cc1C. The fourth-order valence-electron chi connectivity index (χ4n) is 3.38. The van der Waals surface area contributed by atoms with E-state index in [9.17, 15) is 13.2 Å². The van der Waals surface area contributed by atoms with E-state index < -0.39 is 10.0 Å². The Hall–Kier alpha value is -1.70. The third-order valence-electron chi connectivity index (χ3n) is 4.68. The molecular weight excluding hydrogens is 328 g/mol. The number of primary sulfonamides is 1. The van der Waals surface area contributed by atoms with E-state index in [0.717, 1.165) is 35.0 Å². The molecule has 2 aromatic rings. The Morgan fingerprint density at radius 2 is 1.96 bits per heavy atom. The van der Waals surface area contributed by atoms with Crippen molar-refractivity contribution >= 4 is 21.0 Å². The average molecular weight is 350 g/mol. The standard InChI is InChI=1S/C17H22N2O4S/c1-11-5-15-14(7-17(20)23-16(15)6-12(11)2)9-19-4-3-13(8-19)10-24(18,21)22/h5-7,13H,3-4,8-10H2,1-2H3,(H2,18,21,22). The molecule has 1 saturated heterocycles. The molecule has 0 radical (unpaired) electrons. The van der Waals surface area contributed by atoms with Crippen LogP contribution in [0.4, 0.5) is 0 Å². The second kappa shape index (κ2) is 6.31. The fraction of sp³-hybridized carbons (Fsp3) is 0.471. The van der Waals surface area contributed by atoms with Crippen LogP contribution in [0.5, 0.6) is 0 Å². The van der Waals surface area contributed by atoms with Gasteiger partial charge in [0.05, 0.1) is 5.75 Å². The lowest BCUT2D eigenvalue weighted by atomic mass is 10.0. The maximum absolute atomic E-state index is 11.8. The number of aryl methyl sites for hydroxylation is 2. The molecule has 1 fully saturated rings. The topological polar surface area (TPSA) is 93.6 Å². The van der Waals surface area contributed by atoms with Crippen molar-refractivity contribution in [2.75, 3.05) is 18.8 Å². The van der Waals surface area contributed by atoms with E-state index >= 15 is 0 Å². The Labute approximate surface area is 141 Å². The van der Waals surface area contributed by atoms with E-state index in [2.05, 4.69) is 4.90 Å². The van der Waals surface area contributed by atoms with Crippen molar-refractivity contribution in [2.45, 2.75) is 26.8 Å². The van der Waals surface area contributed by atoms with Crippen molar-refractivity contribution in [1.82, 2.24) is 4.90 Å². The van der Waals surface area contributed by atoms with E-state index in [4.69, 9.17) is 9.56 Å². The minimum absolute atomic E-state index is 0.0134. The molecule has 1 unspecified atom stereocenters. The molecule has 1 atom stereocenters. The zero-order chi connectivity index (χ0) is 17.5. The van der Waals surface area contributed by atoms with Gasteiger partial charge in [-0.15, -0.1) is 0 Å². The molecule has 1 aromatic heterocycles.